The molecule has 1 N–H and O–H groups in total. The number of aliphatic hydroxyl groups is 1. The smallest absolute Gasteiger partial charge is 0.124 e. The van der Waals surface area contributed by atoms with Gasteiger partial charge in [0, 0.05) is 16.0 Å². The second kappa shape index (κ2) is 4.65. The molecule has 0 bridgehead atoms. The topological polar surface area (TPSA) is 20.2 Å². The van der Waals surface area contributed by atoms with Gasteiger partial charge >= 0.3 is 0 Å². The lowest BCUT2D eigenvalue weighted by atomic mass is 10.2. The molecule has 0 aliphatic rings. The highest BCUT2D eigenvalue weighted by Gasteiger charge is 2.10. The first-order chi connectivity index (χ1) is 7.70. The van der Waals surface area contributed by atoms with Crippen molar-refractivity contribution in [3.05, 3.63) is 35.0 Å². The van der Waals surface area contributed by atoms with Crippen molar-refractivity contribution in [3.63, 3.8) is 0 Å². The molecule has 0 spiro atoms. The Morgan fingerprint density at radius 3 is 3.00 bits per heavy atom. The highest BCUT2D eigenvalue weighted by molar-refractivity contribution is 7.19. The molecule has 1 aromatic carbocycles. The SMILES string of the molecule is CC#CCC(O)c1cc2ccc(F)cc2s1. The molecule has 16 heavy (non-hydrogen) atoms. The molecule has 1 nitrogen and oxygen atoms in total. The van der Waals surface area contributed by atoms with Gasteiger partial charge in [0.05, 0.1) is 6.10 Å². The lowest BCUT2D eigenvalue weighted by molar-refractivity contribution is 0.188. The predicted octanol–water partition coefficient (Wildman–Crippen LogP) is 3.49. The molecular formula is C13H11FOS. The maximum absolute atomic E-state index is 13.0. The van der Waals surface area contributed by atoms with Gasteiger partial charge < -0.3 is 5.11 Å². The van der Waals surface area contributed by atoms with Crippen LogP contribution in [0.1, 0.15) is 24.3 Å². The second-order valence-corrected chi connectivity index (χ2v) is 4.59. The van der Waals surface area contributed by atoms with Crippen molar-refractivity contribution in [2.75, 3.05) is 0 Å². The lowest BCUT2D eigenvalue weighted by Crippen LogP contribution is -1.91. The number of hydrogen-bond acceptors (Lipinski definition) is 2. The Morgan fingerprint density at radius 1 is 1.44 bits per heavy atom. The summed E-state index contributed by atoms with van der Waals surface area (Å²) in [7, 11) is 0. The van der Waals surface area contributed by atoms with E-state index in [9.17, 15) is 9.50 Å². The molecular weight excluding hydrogens is 223 g/mol. The van der Waals surface area contributed by atoms with Crippen LogP contribution in [-0.4, -0.2) is 5.11 Å². The molecule has 0 saturated heterocycles. The van der Waals surface area contributed by atoms with E-state index in [4.69, 9.17) is 0 Å². The molecule has 82 valence electrons. The molecule has 0 radical (unpaired) electrons. The molecule has 0 aliphatic carbocycles. The van der Waals surface area contributed by atoms with Gasteiger partial charge in [0.15, 0.2) is 0 Å². The van der Waals surface area contributed by atoms with Crippen LogP contribution in [0.3, 0.4) is 0 Å². The van der Waals surface area contributed by atoms with Crippen molar-refractivity contribution >= 4 is 21.4 Å². The predicted molar refractivity (Wildman–Crippen MR) is 64.8 cm³/mol. The monoisotopic (exact) mass is 234 g/mol. The van der Waals surface area contributed by atoms with E-state index >= 15 is 0 Å². The fourth-order valence-electron chi connectivity index (χ4n) is 1.49. The van der Waals surface area contributed by atoms with Crippen LogP contribution in [0.4, 0.5) is 4.39 Å². The summed E-state index contributed by atoms with van der Waals surface area (Å²) in [5, 5.41) is 10.8. The van der Waals surface area contributed by atoms with Crippen LogP contribution in [-0.2, 0) is 0 Å². The maximum atomic E-state index is 13.0. The third-order valence-corrected chi connectivity index (χ3v) is 3.50. The van der Waals surface area contributed by atoms with Gasteiger partial charge in [-0.05, 0) is 30.5 Å². The number of benzene rings is 1. The summed E-state index contributed by atoms with van der Waals surface area (Å²) < 4.78 is 13.8. The first-order valence-electron chi connectivity index (χ1n) is 4.97. The Kier molecular flexibility index (Phi) is 3.23. The van der Waals surface area contributed by atoms with Gasteiger partial charge in [0.2, 0.25) is 0 Å². The van der Waals surface area contributed by atoms with E-state index in [-0.39, 0.29) is 5.82 Å². The summed E-state index contributed by atoms with van der Waals surface area (Å²) in [6, 6.07) is 6.53. The average Bonchev–Trinajstić information content (AvgIpc) is 2.68. The maximum Gasteiger partial charge on any atom is 0.124 e. The second-order valence-electron chi connectivity index (χ2n) is 3.48. The Bertz CT molecular complexity index is 562. The van der Waals surface area contributed by atoms with Crippen LogP contribution in [0.5, 0.6) is 0 Å². The van der Waals surface area contributed by atoms with E-state index in [2.05, 4.69) is 11.8 Å². The highest BCUT2D eigenvalue weighted by atomic mass is 32.1. The third kappa shape index (κ3) is 2.24. The molecule has 0 fully saturated rings. The van der Waals surface area contributed by atoms with Gasteiger partial charge in [-0.2, -0.15) is 0 Å². The first kappa shape index (κ1) is 11.1. The minimum absolute atomic E-state index is 0.247. The Balaban J connectivity index is 2.34. The highest BCUT2D eigenvalue weighted by Crippen LogP contribution is 2.31. The Hall–Kier alpha value is -1.37. The summed E-state index contributed by atoms with van der Waals surface area (Å²) in [5.41, 5.74) is 0. The van der Waals surface area contributed by atoms with E-state index in [1.54, 1.807) is 13.0 Å². The summed E-state index contributed by atoms with van der Waals surface area (Å²) in [4.78, 5) is 0.836. The zero-order chi connectivity index (χ0) is 11.5. The number of fused-ring (bicyclic) bond motifs is 1. The van der Waals surface area contributed by atoms with Gasteiger partial charge in [-0.1, -0.05) is 6.07 Å². The van der Waals surface area contributed by atoms with Crippen molar-refractivity contribution in [1.82, 2.24) is 0 Å². The van der Waals surface area contributed by atoms with E-state index in [0.29, 0.717) is 6.42 Å². The van der Waals surface area contributed by atoms with Crippen molar-refractivity contribution < 1.29 is 9.50 Å². The van der Waals surface area contributed by atoms with Gasteiger partial charge in [0.1, 0.15) is 5.82 Å². The van der Waals surface area contributed by atoms with Crippen molar-refractivity contribution in [2.45, 2.75) is 19.4 Å². The third-order valence-electron chi connectivity index (χ3n) is 2.30. The van der Waals surface area contributed by atoms with Gasteiger partial charge in [-0.3, -0.25) is 0 Å². The molecule has 2 aromatic rings. The normalized spacial score (nSPS) is 12.2. The van der Waals surface area contributed by atoms with Crippen molar-refractivity contribution in [2.24, 2.45) is 0 Å². The molecule has 2 rings (SSSR count). The first-order valence-corrected chi connectivity index (χ1v) is 5.79. The van der Waals surface area contributed by atoms with E-state index in [1.807, 2.05) is 6.07 Å². The van der Waals surface area contributed by atoms with Crippen LogP contribution in [0, 0.1) is 17.7 Å². The summed E-state index contributed by atoms with van der Waals surface area (Å²) in [5.74, 6) is 5.33. The van der Waals surface area contributed by atoms with Crippen LogP contribution >= 0.6 is 11.3 Å². The molecule has 1 heterocycles. The van der Waals surface area contributed by atoms with E-state index in [1.165, 1.54) is 23.5 Å². The molecule has 1 atom stereocenters. The fraction of sp³-hybridized carbons (Fsp3) is 0.231. The van der Waals surface area contributed by atoms with Crippen LogP contribution in [0.25, 0.3) is 10.1 Å². The standard InChI is InChI=1S/C13H11FOS/c1-2-3-4-11(15)13-7-9-5-6-10(14)8-12(9)16-13/h5-8,11,15H,4H2,1H3. The summed E-state index contributed by atoms with van der Waals surface area (Å²) in [6.45, 7) is 1.74. The van der Waals surface area contributed by atoms with Gasteiger partial charge in [0.25, 0.3) is 0 Å². The Morgan fingerprint density at radius 2 is 2.25 bits per heavy atom. The largest absolute Gasteiger partial charge is 0.387 e. The summed E-state index contributed by atoms with van der Waals surface area (Å²) >= 11 is 1.41. The van der Waals surface area contributed by atoms with Gasteiger partial charge in [-0.25, -0.2) is 4.39 Å². The van der Waals surface area contributed by atoms with Crippen molar-refractivity contribution in [1.29, 1.82) is 0 Å². The van der Waals surface area contributed by atoms with Crippen LogP contribution in [0.2, 0.25) is 0 Å². The fourth-order valence-corrected chi connectivity index (χ4v) is 2.56. The lowest BCUT2D eigenvalue weighted by Gasteiger charge is -2.01. The molecule has 0 aliphatic heterocycles. The van der Waals surface area contributed by atoms with Crippen LogP contribution in [0.15, 0.2) is 24.3 Å². The number of rotatable bonds is 2. The average molecular weight is 234 g/mol. The summed E-state index contributed by atoms with van der Waals surface area (Å²) in [6.07, 6.45) is -0.154. The van der Waals surface area contributed by atoms with E-state index in [0.717, 1.165) is 15.0 Å². The molecule has 3 heteroatoms. The van der Waals surface area contributed by atoms with Crippen LogP contribution < -0.4 is 0 Å². The number of aliphatic hydroxyl groups excluding tert-OH is 1. The number of hydrogen-bond donors (Lipinski definition) is 1. The molecule has 0 saturated carbocycles. The zero-order valence-electron chi connectivity index (χ0n) is 8.83. The molecule has 1 unspecified atom stereocenters. The minimum atomic E-state index is -0.576. The molecule has 0 amide bonds. The number of halogens is 1. The quantitative estimate of drug-likeness (QED) is 0.789. The van der Waals surface area contributed by atoms with Gasteiger partial charge in [-0.15, -0.1) is 23.2 Å². The number of thiophene rings is 1. The minimum Gasteiger partial charge on any atom is -0.387 e. The zero-order valence-corrected chi connectivity index (χ0v) is 9.64. The Labute approximate surface area is 97.5 Å². The van der Waals surface area contributed by atoms with E-state index < -0.39 is 6.10 Å². The molecule has 1 aromatic heterocycles. The van der Waals surface area contributed by atoms with Crippen molar-refractivity contribution in [3.8, 4) is 11.8 Å².